The van der Waals surface area contributed by atoms with Crippen molar-refractivity contribution in [3.05, 3.63) is 54.7 Å². The molecule has 2 bridgehead atoms. The van der Waals surface area contributed by atoms with Gasteiger partial charge in [0.2, 0.25) is 0 Å². The van der Waals surface area contributed by atoms with Gasteiger partial charge >= 0.3 is 0 Å². The first-order chi connectivity index (χ1) is 10.8. The lowest BCUT2D eigenvalue weighted by atomic mass is 9.90. The highest BCUT2D eigenvalue weighted by molar-refractivity contribution is 5.82. The Bertz CT molecular complexity index is 693. The van der Waals surface area contributed by atoms with Gasteiger partial charge in [0.15, 0.2) is 0 Å². The molecule has 4 unspecified atom stereocenters. The monoisotopic (exact) mass is 294 g/mol. The molecule has 114 valence electrons. The SMILES string of the molecule is C=CCC1C2CCN1C([C@H](O)c1ccnc3ccccc13)C2. The van der Waals surface area contributed by atoms with Crippen molar-refractivity contribution in [2.75, 3.05) is 6.54 Å². The Morgan fingerprint density at radius 2 is 2.23 bits per heavy atom. The fourth-order valence-corrected chi connectivity index (χ4v) is 4.47. The van der Waals surface area contributed by atoms with E-state index in [1.54, 1.807) is 0 Å². The lowest BCUT2D eigenvalue weighted by Crippen LogP contribution is -2.38. The van der Waals surface area contributed by atoms with Crippen LogP contribution in [0.3, 0.4) is 0 Å². The van der Waals surface area contributed by atoms with Crippen LogP contribution >= 0.6 is 0 Å². The summed E-state index contributed by atoms with van der Waals surface area (Å²) in [6, 6.07) is 10.9. The maximum absolute atomic E-state index is 11.0. The molecule has 5 atom stereocenters. The van der Waals surface area contributed by atoms with Crippen LogP contribution in [0.4, 0.5) is 0 Å². The largest absolute Gasteiger partial charge is 0.387 e. The van der Waals surface area contributed by atoms with E-state index in [9.17, 15) is 5.11 Å². The van der Waals surface area contributed by atoms with Crippen LogP contribution in [0.2, 0.25) is 0 Å². The van der Waals surface area contributed by atoms with Crippen molar-refractivity contribution in [3.63, 3.8) is 0 Å². The number of hydrogen-bond acceptors (Lipinski definition) is 3. The topological polar surface area (TPSA) is 36.4 Å². The molecule has 2 saturated heterocycles. The fraction of sp³-hybridized carbons (Fsp3) is 0.421. The van der Waals surface area contributed by atoms with Gasteiger partial charge in [-0.2, -0.15) is 0 Å². The zero-order valence-corrected chi connectivity index (χ0v) is 12.7. The molecule has 2 fully saturated rings. The van der Waals surface area contributed by atoms with Crippen molar-refractivity contribution < 1.29 is 5.11 Å². The van der Waals surface area contributed by atoms with Crippen LogP contribution < -0.4 is 0 Å². The predicted molar refractivity (Wildman–Crippen MR) is 88.5 cm³/mol. The number of rotatable bonds is 4. The molecule has 2 aliphatic rings. The highest BCUT2D eigenvalue weighted by atomic mass is 16.3. The Hall–Kier alpha value is -1.71. The van der Waals surface area contributed by atoms with E-state index in [1.807, 2.05) is 36.5 Å². The normalized spacial score (nSPS) is 31.5. The number of aliphatic hydroxyl groups is 1. The maximum Gasteiger partial charge on any atom is 0.0952 e. The van der Waals surface area contributed by atoms with E-state index >= 15 is 0 Å². The Morgan fingerprint density at radius 1 is 1.36 bits per heavy atom. The van der Waals surface area contributed by atoms with E-state index in [0.29, 0.717) is 12.0 Å². The van der Waals surface area contributed by atoms with E-state index in [1.165, 1.54) is 6.42 Å². The summed E-state index contributed by atoms with van der Waals surface area (Å²) in [4.78, 5) is 6.91. The molecule has 22 heavy (non-hydrogen) atoms. The van der Waals surface area contributed by atoms with Gasteiger partial charge in [-0.15, -0.1) is 6.58 Å². The maximum atomic E-state index is 11.0. The molecule has 0 radical (unpaired) electrons. The number of fused-ring (bicyclic) bond motifs is 3. The minimum Gasteiger partial charge on any atom is -0.387 e. The summed E-state index contributed by atoms with van der Waals surface area (Å²) in [6.07, 6.45) is 6.78. The van der Waals surface area contributed by atoms with Crippen molar-refractivity contribution in [3.8, 4) is 0 Å². The Labute approximate surface area is 131 Å². The number of piperidine rings is 1. The van der Waals surface area contributed by atoms with Gasteiger partial charge in [0.05, 0.1) is 11.6 Å². The van der Waals surface area contributed by atoms with Crippen LogP contribution in [0.1, 0.15) is 30.9 Å². The van der Waals surface area contributed by atoms with Crippen LogP contribution in [0.15, 0.2) is 49.2 Å². The van der Waals surface area contributed by atoms with Gasteiger partial charge in [0.25, 0.3) is 0 Å². The lowest BCUT2D eigenvalue weighted by molar-refractivity contribution is 0.0602. The molecule has 2 aromatic rings. The third-order valence-corrected chi connectivity index (χ3v) is 5.47. The van der Waals surface area contributed by atoms with Crippen molar-refractivity contribution in [2.24, 2.45) is 5.92 Å². The number of benzene rings is 1. The van der Waals surface area contributed by atoms with Gasteiger partial charge < -0.3 is 5.11 Å². The molecule has 4 rings (SSSR count). The number of aliphatic hydroxyl groups excluding tert-OH is 1. The molecule has 1 aromatic carbocycles. The van der Waals surface area contributed by atoms with E-state index in [0.717, 1.165) is 35.9 Å². The molecule has 1 aromatic heterocycles. The minimum atomic E-state index is -0.439. The summed E-state index contributed by atoms with van der Waals surface area (Å²) in [6.45, 7) is 5.00. The van der Waals surface area contributed by atoms with Crippen molar-refractivity contribution in [1.29, 1.82) is 0 Å². The van der Waals surface area contributed by atoms with Crippen molar-refractivity contribution in [2.45, 2.75) is 37.5 Å². The molecule has 2 aliphatic heterocycles. The number of pyridine rings is 1. The fourth-order valence-electron chi connectivity index (χ4n) is 4.47. The van der Waals surface area contributed by atoms with Crippen LogP contribution in [0.25, 0.3) is 10.9 Å². The minimum absolute atomic E-state index is 0.231. The summed E-state index contributed by atoms with van der Waals surface area (Å²) in [5, 5.41) is 12.1. The molecule has 0 saturated carbocycles. The van der Waals surface area contributed by atoms with Crippen LogP contribution in [-0.4, -0.2) is 33.6 Å². The Kier molecular flexibility index (Phi) is 3.47. The lowest BCUT2D eigenvalue weighted by Gasteiger charge is -2.31. The highest BCUT2D eigenvalue weighted by Gasteiger charge is 2.47. The van der Waals surface area contributed by atoms with E-state index in [4.69, 9.17) is 0 Å². The Morgan fingerprint density at radius 3 is 3.09 bits per heavy atom. The average molecular weight is 294 g/mol. The summed E-state index contributed by atoms with van der Waals surface area (Å²) >= 11 is 0. The second-order valence-corrected chi connectivity index (χ2v) is 6.54. The van der Waals surface area contributed by atoms with E-state index in [2.05, 4.69) is 22.5 Å². The second-order valence-electron chi connectivity index (χ2n) is 6.54. The number of aromatic nitrogens is 1. The van der Waals surface area contributed by atoms with E-state index < -0.39 is 6.10 Å². The second kappa shape index (κ2) is 5.49. The van der Waals surface area contributed by atoms with Gasteiger partial charge in [-0.05, 0) is 49.4 Å². The van der Waals surface area contributed by atoms with Gasteiger partial charge in [-0.1, -0.05) is 24.3 Å². The zero-order chi connectivity index (χ0) is 15.1. The van der Waals surface area contributed by atoms with Gasteiger partial charge in [0.1, 0.15) is 0 Å². The summed E-state index contributed by atoms with van der Waals surface area (Å²) < 4.78 is 0. The van der Waals surface area contributed by atoms with Gasteiger partial charge in [-0.25, -0.2) is 0 Å². The Balaban J connectivity index is 1.67. The van der Waals surface area contributed by atoms with Crippen LogP contribution in [0, 0.1) is 5.92 Å². The molecule has 3 heterocycles. The molecule has 1 N–H and O–H groups in total. The molecule has 0 amide bonds. The first kappa shape index (κ1) is 13.9. The van der Waals surface area contributed by atoms with Gasteiger partial charge in [-0.3, -0.25) is 9.88 Å². The standard InChI is InChI=1S/C19H22N2O/c1-2-5-17-13-9-11-21(17)18(12-13)19(22)15-8-10-20-16-7-4-3-6-14(15)16/h2-4,6-8,10,13,17-19,22H,1,5,9,11-12H2/t13?,17?,18?,19-/m1/s1. The first-order valence-electron chi connectivity index (χ1n) is 8.18. The summed E-state index contributed by atoms with van der Waals surface area (Å²) in [5.41, 5.74) is 1.97. The predicted octanol–water partition coefficient (Wildman–Crippen LogP) is 3.31. The molecule has 3 nitrogen and oxygen atoms in total. The number of para-hydroxylation sites is 1. The van der Waals surface area contributed by atoms with Gasteiger partial charge in [0, 0.05) is 23.7 Å². The zero-order valence-electron chi connectivity index (χ0n) is 12.7. The first-order valence-corrected chi connectivity index (χ1v) is 8.18. The molecule has 0 spiro atoms. The summed E-state index contributed by atoms with van der Waals surface area (Å²) in [7, 11) is 0. The molecular formula is C19H22N2O. The quantitative estimate of drug-likeness (QED) is 0.879. The third kappa shape index (κ3) is 2.08. The number of nitrogens with zero attached hydrogens (tertiary/aromatic N) is 2. The summed E-state index contributed by atoms with van der Waals surface area (Å²) in [5.74, 6) is 0.714. The third-order valence-electron chi connectivity index (χ3n) is 5.47. The van der Waals surface area contributed by atoms with Crippen LogP contribution in [0.5, 0.6) is 0 Å². The van der Waals surface area contributed by atoms with Crippen molar-refractivity contribution in [1.82, 2.24) is 9.88 Å². The number of hydrogen-bond donors (Lipinski definition) is 1. The van der Waals surface area contributed by atoms with Crippen molar-refractivity contribution >= 4 is 10.9 Å². The van der Waals surface area contributed by atoms with Crippen LogP contribution in [-0.2, 0) is 0 Å². The smallest absolute Gasteiger partial charge is 0.0952 e. The van der Waals surface area contributed by atoms with E-state index in [-0.39, 0.29) is 6.04 Å². The highest BCUT2D eigenvalue weighted by Crippen LogP contribution is 2.45. The average Bonchev–Trinajstić information content (AvgIpc) is 3.11. The molecular weight excluding hydrogens is 272 g/mol. The molecule has 3 heteroatoms. The molecule has 0 aliphatic carbocycles.